The van der Waals surface area contributed by atoms with Crippen molar-refractivity contribution in [1.82, 2.24) is 0 Å². The number of para-hydroxylation sites is 2. The Bertz CT molecular complexity index is 1900. The molecule has 0 aromatic heterocycles. The summed E-state index contributed by atoms with van der Waals surface area (Å²) in [6.07, 6.45) is 0. The summed E-state index contributed by atoms with van der Waals surface area (Å²) in [5.74, 6) is -25.4. The minimum Gasteiger partial charge on any atom is -0.858 e. The average molecular weight is 933 g/mol. The van der Waals surface area contributed by atoms with Gasteiger partial charge in [0.1, 0.15) is 0 Å². The largest absolute Gasteiger partial charge is 4.00 e. The summed E-state index contributed by atoms with van der Waals surface area (Å²) in [4.78, 5) is 7.46. The maximum absolute atomic E-state index is 13.9. The summed E-state index contributed by atoms with van der Waals surface area (Å²) in [5, 5.41) is 32.6. The molecule has 4 aromatic rings. The normalized spacial score (nSPS) is 11.5. The third-order valence-electron chi connectivity index (χ3n) is 8.85. The van der Waals surface area contributed by atoms with E-state index in [1.807, 2.05) is 83.1 Å². The van der Waals surface area contributed by atoms with Crippen molar-refractivity contribution in [3.63, 3.8) is 0 Å². The van der Waals surface area contributed by atoms with E-state index in [1.165, 1.54) is 0 Å². The maximum Gasteiger partial charge on any atom is 4.00 e. The average Bonchev–Trinajstić information content (AvgIpc) is 3.22. The van der Waals surface area contributed by atoms with Gasteiger partial charge in [0.25, 0.3) is 0 Å². The molecule has 0 aliphatic rings. The molecule has 4 aromatic carbocycles. The molecule has 0 atom stereocenters. The minimum atomic E-state index is -2.32. The molecule has 0 radical (unpaired) electrons. The SMILES string of the molecule is CC(C)c1cccc(C(C)C)c1N=C([O-])c1c(F)c(F)c(F)c(F)c1F.CC(C)c1cccc(C(C)C)c1N=C([O-])c1c(F)c(F)c(F)c(F)c1F.CC[N-]CC.CC[N-]CC.[Ti+4]. The van der Waals surface area contributed by atoms with Gasteiger partial charge in [0.2, 0.25) is 11.6 Å². The Hall–Kier alpha value is -4.25. The molecule has 63 heavy (non-hydrogen) atoms. The van der Waals surface area contributed by atoms with Gasteiger partial charge in [0, 0.05) is 11.8 Å². The van der Waals surface area contributed by atoms with Crippen molar-refractivity contribution in [3.05, 3.63) is 139 Å². The predicted octanol–water partition coefficient (Wildman–Crippen LogP) is 12.9. The standard InChI is InChI=1S/2C19H18F5NO.2C4H10N.Ti/c2*1-8(2)10-6-5-7-11(9(3)4)18(10)25-19(26)12-13(20)15(22)17(24)16(23)14(12)21;2*1-3-5-4-2;/h2*5-9H,1-4H3,(H,25,26);2*3-4H2,1-2H3;/q;;2*-1;+4/p-2. The Labute approximate surface area is 379 Å². The molecule has 0 unspecified atom stereocenters. The van der Waals surface area contributed by atoms with Crippen LogP contribution in [0, 0.1) is 58.2 Å². The molecule has 0 bridgehead atoms. The second-order valence-electron chi connectivity index (χ2n) is 14.6. The number of rotatable bonds is 12. The Balaban J connectivity index is 0.000000990. The van der Waals surface area contributed by atoms with Crippen LogP contribution in [0.1, 0.15) is 140 Å². The number of halogens is 10. The first-order valence-corrected chi connectivity index (χ1v) is 20.0. The monoisotopic (exact) mass is 932 g/mol. The molecule has 6 nitrogen and oxygen atoms in total. The van der Waals surface area contributed by atoms with Gasteiger partial charge >= 0.3 is 21.7 Å². The van der Waals surface area contributed by atoms with Crippen molar-refractivity contribution < 1.29 is 75.8 Å². The van der Waals surface area contributed by atoms with Crippen LogP contribution >= 0.6 is 0 Å². The second kappa shape index (κ2) is 27.8. The molecule has 0 spiro atoms. The summed E-state index contributed by atoms with van der Waals surface area (Å²) in [7, 11) is 0. The zero-order valence-corrected chi connectivity index (χ0v) is 39.0. The van der Waals surface area contributed by atoms with Gasteiger partial charge < -0.3 is 20.8 Å². The van der Waals surface area contributed by atoms with Crippen LogP contribution in [-0.4, -0.2) is 38.0 Å². The molecule has 0 saturated carbocycles. The molecule has 0 saturated heterocycles. The van der Waals surface area contributed by atoms with Crippen molar-refractivity contribution in [2.45, 2.75) is 107 Å². The van der Waals surface area contributed by atoms with Crippen LogP contribution in [0.15, 0.2) is 46.4 Å². The van der Waals surface area contributed by atoms with Gasteiger partial charge in [-0.3, -0.25) is 9.98 Å². The first kappa shape index (κ1) is 58.8. The number of benzene rings is 4. The zero-order chi connectivity index (χ0) is 47.8. The number of nitrogens with zero attached hydrogens (tertiary/aromatic N) is 4. The van der Waals surface area contributed by atoms with Crippen molar-refractivity contribution >= 4 is 23.2 Å². The summed E-state index contributed by atoms with van der Waals surface area (Å²) in [6.45, 7) is 26.7. The Kier molecular flexibility index (Phi) is 26.0. The van der Waals surface area contributed by atoms with Gasteiger partial charge in [-0.25, -0.2) is 43.9 Å². The smallest absolute Gasteiger partial charge is 0.858 e. The zero-order valence-electron chi connectivity index (χ0n) is 37.5. The van der Waals surface area contributed by atoms with Gasteiger partial charge in [0.05, 0.1) is 22.5 Å². The summed E-state index contributed by atoms with van der Waals surface area (Å²) in [5.41, 5.74) is -0.217. The van der Waals surface area contributed by atoms with Gasteiger partial charge in [-0.2, -0.15) is 26.2 Å². The molecule has 0 aliphatic carbocycles. The molecule has 0 heterocycles. The summed E-state index contributed by atoms with van der Waals surface area (Å²) in [6, 6.07) is 10.3. The van der Waals surface area contributed by atoms with Crippen LogP contribution in [-0.2, 0) is 21.7 Å². The number of hydrogen-bond donors (Lipinski definition) is 0. The third-order valence-corrected chi connectivity index (χ3v) is 8.85. The van der Waals surface area contributed by atoms with E-state index < -0.39 is 81.1 Å². The van der Waals surface area contributed by atoms with E-state index in [-0.39, 0.29) is 56.8 Å². The molecule has 0 N–H and O–H groups in total. The quantitative estimate of drug-likeness (QED) is 0.0353. The van der Waals surface area contributed by atoms with Crippen LogP contribution in [0.4, 0.5) is 55.3 Å². The third kappa shape index (κ3) is 15.5. The Morgan fingerprint density at radius 3 is 0.762 bits per heavy atom. The minimum absolute atomic E-state index is 0. The van der Waals surface area contributed by atoms with Gasteiger partial charge in [-0.15, -0.1) is 0 Å². The van der Waals surface area contributed by atoms with Gasteiger partial charge in [-0.1, -0.05) is 119 Å². The van der Waals surface area contributed by atoms with Crippen molar-refractivity contribution in [3.8, 4) is 0 Å². The summed E-state index contributed by atoms with van der Waals surface area (Å²) < 4.78 is 135. The number of hydrogen-bond acceptors (Lipinski definition) is 4. The van der Waals surface area contributed by atoms with E-state index in [2.05, 4.69) is 20.6 Å². The van der Waals surface area contributed by atoms with Gasteiger partial charge in [-0.05, 0) is 45.9 Å². The molecule has 0 fully saturated rings. The Morgan fingerprint density at radius 2 is 0.603 bits per heavy atom. The topological polar surface area (TPSA) is 99.0 Å². The predicted molar refractivity (Wildman–Crippen MR) is 223 cm³/mol. The van der Waals surface area contributed by atoms with Crippen molar-refractivity contribution in [2.75, 3.05) is 26.2 Å². The molecular weight excluding hydrogens is 878 g/mol. The van der Waals surface area contributed by atoms with E-state index in [9.17, 15) is 54.1 Å². The van der Waals surface area contributed by atoms with Crippen molar-refractivity contribution in [2.24, 2.45) is 9.98 Å². The molecule has 17 heteroatoms. The molecule has 0 aliphatic heterocycles. The van der Waals surface area contributed by atoms with Crippen LogP contribution in [0.2, 0.25) is 0 Å². The van der Waals surface area contributed by atoms with E-state index in [0.717, 1.165) is 26.2 Å². The molecule has 0 amide bonds. The van der Waals surface area contributed by atoms with Crippen LogP contribution in [0.5, 0.6) is 0 Å². The van der Waals surface area contributed by atoms with Crippen LogP contribution < -0.4 is 10.2 Å². The Morgan fingerprint density at radius 1 is 0.413 bits per heavy atom. The maximum atomic E-state index is 13.9. The molecular formula is C46H54F10N4O2Ti. The van der Waals surface area contributed by atoms with E-state index in [4.69, 9.17) is 0 Å². The molecule has 344 valence electrons. The first-order valence-electron chi connectivity index (χ1n) is 20.0. The fourth-order valence-electron chi connectivity index (χ4n) is 5.63. The van der Waals surface area contributed by atoms with E-state index >= 15 is 0 Å². The first-order chi connectivity index (χ1) is 29.0. The number of aliphatic imine (C=N–C) groups is 2. The van der Waals surface area contributed by atoms with Crippen LogP contribution in [0.3, 0.4) is 0 Å². The van der Waals surface area contributed by atoms with Crippen molar-refractivity contribution in [1.29, 1.82) is 0 Å². The summed E-state index contributed by atoms with van der Waals surface area (Å²) >= 11 is 0. The molecule has 4 rings (SSSR count). The van der Waals surface area contributed by atoms with E-state index in [0.29, 0.717) is 22.3 Å². The van der Waals surface area contributed by atoms with Crippen LogP contribution in [0.25, 0.3) is 10.6 Å². The van der Waals surface area contributed by atoms with Gasteiger partial charge in [0.15, 0.2) is 46.5 Å². The second-order valence-corrected chi connectivity index (χ2v) is 14.6. The fraction of sp³-hybridized carbons (Fsp3) is 0.435. The fourth-order valence-corrected chi connectivity index (χ4v) is 5.63. The van der Waals surface area contributed by atoms with E-state index in [1.54, 1.807) is 36.4 Å².